The average Bonchev–Trinajstić information content (AvgIpc) is 2.77. The van der Waals surface area contributed by atoms with Crippen molar-refractivity contribution in [1.82, 2.24) is 15.3 Å². The molecule has 0 atom stereocenters. The van der Waals surface area contributed by atoms with Crippen LogP contribution in [0.3, 0.4) is 0 Å². The zero-order chi connectivity index (χ0) is 20.2. The topological polar surface area (TPSA) is 105 Å². The molecule has 0 amide bonds. The van der Waals surface area contributed by atoms with Crippen LogP contribution in [0, 0.1) is 10.1 Å². The quantitative estimate of drug-likeness (QED) is 0.485. The van der Waals surface area contributed by atoms with E-state index in [2.05, 4.69) is 20.6 Å². The molecule has 0 saturated carbocycles. The van der Waals surface area contributed by atoms with Crippen molar-refractivity contribution in [3.63, 3.8) is 0 Å². The molecule has 29 heavy (non-hydrogen) atoms. The number of ether oxygens (including phenoxy) is 1. The van der Waals surface area contributed by atoms with E-state index in [1.165, 1.54) is 6.33 Å². The van der Waals surface area contributed by atoms with Crippen LogP contribution in [0.25, 0.3) is 10.9 Å². The first kappa shape index (κ1) is 18.9. The number of rotatable bonds is 6. The molecule has 1 aliphatic heterocycles. The molecule has 150 valence electrons. The number of benzene rings is 2. The second kappa shape index (κ2) is 8.27. The first-order valence-electron chi connectivity index (χ1n) is 9.41. The van der Waals surface area contributed by atoms with Gasteiger partial charge in [-0.25, -0.2) is 9.97 Å². The van der Waals surface area contributed by atoms with Gasteiger partial charge in [-0.3, -0.25) is 10.1 Å². The van der Waals surface area contributed by atoms with E-state index < -0.39 is 0 Å². The number of aromatic nitrogens is 2. The van der Waals surface area contributed by atoms with Crippen molar-refractivity contribution in [1.29, 1.82) is 0 Å². The molecule has 1 aromatic heterocycles. The monoisotopic (exact) mass is 394 g/mol. The normalized spacial score (nSPS) is 14.0. The van der Waals surface area contributed by atoms with E-state index in [4.69, 9.17) is 4.74 Å². The lowest BCUT2D eigenvalue weighted by atomic mass is 10.1. The van der Waals surface area contributed by atoms with Gasteiger partial charge in [0.2, 0.25) is 0 Å². The summed E-state index contributed by atoms with van der Waals surface area (Å²) in [5, 5.41) is 18.9. The summed E-state index contributed by atoms with van der Waals surface area (Å²) in [6.45, 7) is 3.57. The van der Waals surface area contributed by atoms with Crippen LogP contribution >= 0.6 is 0 Å². The minimum absolute atomic E-state index is 0.0710. The number of nitrogens with zero attached hydrogens (tertiary/aromatic N) is 4. The number of piperazine rings is 1. The molecule has 0 aliphatic carbocycles. The van der Waals surface area contributed by atoms with E-state index in [-0.39, 0.29) is 10.6 Å². The molecule has 0 spiro atoms. The van der Waals surface area contributed by atoms with Gasteiger partial charge in [0.1, 0.15) is 23.6 Å². The third-order valence-electron chi connectivity index (χ3n) is 5.01. The molecule has 2 N–H and O–H groups in total. The van der Waals surface area contributed by atoms with E-state index in [9.17, 15) is 10.1 Å². The van der Waals surface area contributed by atoms with Gasteiger partial charge in [0.05, 0.1) is 17.5 Å². The molecule has 9 heteroatoms. The highest BCUT2D eigenvalue weighted by Gasteiger charge is 2.23. The van der Waals surface area contributed by atoms with E-state index in [0.29, 0.717) is 29.0 Å². The number of anilines is 2. The van der Waals surface area contributed by atoms with Crippen molar-refractivity contribution in [3.05, 3.63) is 58.4 Å². The minimum Gasteiger partial charge on any atom is -0.497 e. The first-order chi connectivity index (χ1) is 14.2. The molecule has 1 saturated heterocycles. The number of nitro groups is 1. The van der Waals surface area contributed by atoms with Gasteiger partial charge in [-0.1, -0.05) is 12.1 Å². The maximum atomic E-state index is 11.7. The van der Waals surface area contributed by atoms with Crippen molar-refractivity contribution in [2.45, 2.75) is 6.54 Å². The summed E-state index contributed by atoms with van der Waals surface area (Å²) < 4.78 is 5.17. The van der Waals surface area contributed by atoms with Crippen LogP contribution in [-0.4, -0.2) is 48.2 Å². The zero-order valence-corrected chi connectivity index (χ0v) is 16.1. The highest BCUT2D eigenvalue weighted by molar-refractivity contribution is 5.94. The maximum Gasteiger partial charge on any atom is 0.293 e. The summed E-state index contributed by atoms with van der Waals surface area (Å²) >= 11 is 0. The molecular weight excluding hydrogens is 372 g/mol. The van der Waals surface area contributed by atoms with E-state index >= 15 is 0 Å². The molecule has 0 bridgehead atoms. The second-order valence-electron chi connectivity index (χ2n) is 6.78. The standard InChI is InChI=1S/C20H22N6O3/c1-29-15-4-2-14(3-5-15)12-22-20-16-10-19(26(27)28)18(11-17(16)23-13-24-20)25-8-6-21-7-9-25/h2-5,10-11,13,21H,6-9,12H2,1H3,(H,22,23,24). The van der Waals surface area contributed by atoms with Crippen molar-refractivity contribution < 1.29 is 9.66 Å². The molecule has 0 unspecified atom stereocenters. The fraction of sp³-hybridized carbons (Fsp3) is 0.300. The number of hydrogen-bond donors (Lipinski definition) is 2. The Morgan fingerprint density at radius 3 is 2.66 bits per heavy atom. The smallest absolute Gasteiger partial charge is 0.293 e. The molecule has 0 radical (unpaired) electrons. The van der Waals surface area contributed by atoms with Gasteiger partial charge in [0.25, 0.3) is 5.69 Å². The van der Waals surface area contributed by atoms with Crippen LogP contribution in [0.15, 0.2) is 42.7 Å². The Hall–Kier alpha value is -3.46. The minimum atomic E-state index is -0.336. The summed E-state index contributed by atoms with van der Waals surface area (Å²) in [6, 6.07) is 11.1. The molecule has 2 aromatic carbocycles. The molecule has 1 aliphatic rings. The van der Waals surface area contributed by atoms with Crippen molar-refractivity contribution >= 4 is 28.1 Å². The van der Waals surface area contributed by atoms with Crippen LogP contribution in [0.1, 0.15) is 5.56 Å². The van der Waals surface area contributed by atoms with Gasteiger partial charge in [-0.05, 0) is 23.8 Å². The van der Waals surface area contributed by atoms with Crippen LogP contribution in [0.5, 0.6) is 5.75 Å². The van der Waals surface area contributed by atoms with Crippen molar-refractivity contribution in [2.24, 2.45) is 0 Å². The number of hydrogen-bond acceptors (Lipinski definition) is 8. The molecule has 9 nitrogen and oxygen atoms in total. The Morgan fingerprint density at radius 2 is 1.97 bits per heavy atom. The molecular formula is C20H22N6O3. The lowest BCUT2D eigenvalue weighted by molar-refractivity contribution is -0.384. The average molecular weight is 394 g/mol. The summed E-state index contributed by atoms with van der Waals surface area (Å²) in [7, 11) is 1.63. The Morgan fingerprint density at radius 1 is 1.21 bits per heavy atom. The third kappa shape index (κ3) is 4.04. The zero-order valence-electron chi connectivity index (χ0n) is 16.1. The van der Waals surface area contributed by atoms with Crippen LogP contribution in [-0.2, 0) is 6.54 Å². The summed E-state index contributed by atoms with van der Waals surface area (Å²) in [5.74, 6) is 1.36. The Bertz CT molecular complexity index is 1020. The van der Waals surface area contributed by atoms with Crippen molar-refractivity contribution in [2.75, 3.05) is 43.5 Å². The Balaban J connectivity index is 1.66. The van der Waals surface area contributed by atoms with E-state index in [1.807, 2.05) is 29.2 Å². The predicted molar refractivity (Wildman–Crippen MR) is 112 cm³/mol. The van der Waals surface area contributed by atoms with Gasteiger partial charge >= 0.3 is 0 Å². The summed E-state index contributed by atoms with van der Waals surface area (Å²) in [4.78, 5) is 22.1. The molecule has 2 heterocycles. The Kier molecular flexibility index (Phi) is 5.39. The number of nitrogens with one attached hydrogen (secondary N) is 2. The highest BCUT2D eigenvalue weighted by Crippen LogP contribution is 2.34. The summed E-state index contributed by atoms with van der Waals surface area (Å²) in [5.41, 5.74) is 2.39. The number of fused-ring (bicyclic) bond motifs is 1. The molecule has 1 fully saturated rings. The van der Waals surface area contributed by atoms with Crippen molar-refractivity contribution in [3.8, 4) is 5.75 Å². The van der Waals surface area contributed by atoms with Gasteiger partial charge in [-0.15, -0.1) is 0 Å². The lowest BCUT2D eigenvalue weighted by Crippen LogP contribution is -2.43. The SMILES string of the molecule is COc1ccc(CNc2ncnc3cc(N4CCNCC4)c([N+](=O)[O-])cc23)cc1. The second-order valence-corrected chi connectivity index (χ2v) is 6.78. The third-order valence-corrected chi connectivity index (χ3v) is 5.01. The first-order valence-corrected chi connectivity index (χ1v) is 9.41. The van der Waals surface area contributed by atoms with Gasteiger partial charge in [-0.2, -0.15) is 0 Å². The number of methoxy groups -OCH3 is 1. The van der Waals surface area contributed by atoms with Gasteiger partial charge in [0.15, 0.2) is 0 Å². The van der Waals surface area contributed by atoms with Gasteiger partial charge in [0, 0.05) is 44.2 Å². The van der Waals surface area contributed by atoms with Crippen LogP contribution in [0.2, 0.25) is 0 Å². The molecule has 3 aromatic rings. The number of nitro benzene ring substituents is 1. The highest BCUT2D eigenvalue weighted by atomic mass is 16.6. The lowest BCUT2D eigenvalue weighted by Gasteiger charge is -2.29. The Labute approximate surface area is 167 Å². The largest absolute Gasteiger partial charge is 0.497 e. The van der Waals surface area contributed by atoms with Gasteiger partial charge < -0.3 is 20.3 Å². The van der Waals surface area contributed by atoms with Crippen LogP contribution < -0.4 is 20.3 Å². The predicted octanol–water partition coefficient (Wildman–Crippen LogP) is 2.57. The van der Waals surface area contributed by atoms with Crippen LogP contribution in [0.4, 0.5) is 17.2 Å². The fourth-order valence-corrected chi connectivity index (χ4v) is 3.46. The summed E-state index contributed by atoms with van der Waals surface area (Å²) in [6.07, 6.45) is 1.48. The maximum absolute atomic E-state index is 11.7. The molecule has 4 rings (SSSR count). The fourth-order valence-electron chi connectivity index (χ4n) is 3.46. The van der Waals surface area contributed by atoms with E-state index in [0.717, 1.165) is 37.5 Å². The van der Waals surface area contributed by atoms with E-state index in [1.54, 1.807) is 19.2 Å².